The number of nitrogens with two attached hydrogens (primary N) is 2. The van der Waals surface area contributed by atoms with Gasteiger partial charge in [-0.25, -0.2) is 0 Å². The van der Waals surface area contributed by atoms with E-state index in [1.54, 1.807) is 5.57 Å². The van der Waals surface area contributed by atoms with Crippen LogP contribution in [0.1, 0.15) is 70.6 Å². The summed E-state index contributed by atoms with van der Waals surface area (Å²) in [7, 11) is 0. The molecule has 2 aliphatic carbocycles. The zero-order valence-corrected chi connectivity index (χ0v) is 11.6. The molecule has 0 saturated heterocycles. The summed E-state index contributed by atoms with van der Waals surface area (Å²) in [6.07, 6.45) is 13.9. The molecule has 102 valence electrons. The van der Waals surface area contributed by atoms with Gasteiger partial charge < -0.3 is 11.5 Å². The Hall–Kier alpha value is -0.760. The van der Waals surface area contributed by atoms with Crippen molar-refractivity contribution >= 4 is 0 Å². The molecule has 0 aliphatic heterocycles. The molecule has 0 radical (unpaired) electrons. The van der Waals surface area contributed by atoms with Crippen molar-refractivity contribution in [3.05, 3.63) is 22.4 Å². The standard InChI is InChI=1S/C16H28N2/c17-12-6-5-11-15(13-7-1-2-8-13)16(18)14-9-3-4-10-14/h1-12,17-18H2. The molecule has 0 aromatic heterocycles. The minimum Gasteiger partial charge on any atom is -0.399 e. The SMILES string of the molecule is NCCCCC(=C1CCCC1)C(N)=C1CCCC1. The lowest BCUT2D eigenvalue weighted by molar-refractivity contribution is 0.732. The molecule has 0 heterocycles. The van der Waals surface area contributed by atoms with Crippen molar-refractivity contribution in [3.8, 4) is 0 Å². The van der Waals surface area contributed by atoms with Gasteiger partial charge in [0.2, 0.25) is 0 Å². The molecule has 2 heteroatoms. The van der Waals surface area contributed by atoms with E-state index >= 15 is 0 Å². The molecule has 18 heavy (non-hydrogen) atoms. The highest BCUT2D eigenvalue weighted by Crippen LogP contribution is 2.35. The molecule has 0 aromatic rings. The third kappa shape index (κ3) is 3.38. The molecule has 2 saturated carbocycles. The van der Waals surface area contributed by atoms with Crippen molar-refractivity contribution in [3.63, 3.8) is 0 Å². The summed E-state index contributed by atoms with van der Waals surface area (Å²) in [6, 6.07) is 0. The first kappa shape index (κ1) is 13.7. The van der Waals surface area contributed by atoms with Crippen LogP contribution in [-0.4, -0.2) is 6.54 Å². The Morgan fingerprint density at radius 3 is 1.94 bits per heavy atom. The lowest BCUT2D eigenvalue weighted by Gasteiger charge is -2.15. The molecule has 4 N–H and O–H groups in total. The van der Waals surface area contributed by atoms with E-state index in [1.807, 2.05) is 0 Å². The molecule has 2 rings (SSSR count). The van der Waals surface area contributed by atoms with E-state index in [0.717, 1.165) is 19.4 Å². The number of allylic oxidation sites excluding steroid dienone is 3. The quantitative estimate of drug-likeness (QED) is 0.728. The van der Waals surface area contributed by atoms with Crippen molar-refractivity contribution in [1.29, 1.82) is 0 Å². The van der Waals surface area contributed by atoms with Crippen LogP contribution in [0.3, 0.4) is 0 Å². The van der Waals surface area contributed by atoms with Crippen molar-refractivity contribution in [2.75, 3.05) is 6.54 Å². The zero-order valence-electron chi connectivity index (χ0n) is 11.6. The smallest absolute Gasteiger partial charge is 0.0337 e. The van der Waals surface area contributed by atoms with Crippen LogP contribution in [0, 0.1) is 0 Å². The lowest BCUT2D eigenvalue weighted by atomic mass is 9.95. The molecule has 2 aliphatic rings. The third-order valence-electron chi connectivity index (χ3n) is 4.43. The first-order valence-electron chi connectivity index (χ1n) is 7.71. The van der Waals surface area contributed by atoms with Gasteiger partial charge in [-0.15, -0.1) is 0 Å². The van der Waals surface area contributed by atoms with Crippen LogP contribution in [-0.2, 0) is 0 Å². The van der Waals surface area contributed by atoms with Crippen molar-refractivity contribution < 1.29 is 0 Å². The van der Waals surface area contributed by atoms with E-state index in [0.29, 0.717) is 0 Å². The Kier molecular flexibility index (Phi) is 5.30. The maximum Gasteiger partial charge on any atom is 0.0337 e. The molecular weight excluding hydrogens is 220 g/mol. The highest BCUT2D eigenvalue weighted by atomic mass is 14.6. The van der Waals surface area contributed by atoms with Gasteiger partial charge in [0.1, 0.15) is 0 Å². The second kappa shape index (κ2) is 6.98. The number of hydrogen-bond donors (Lipinski definition) is 2. The summed E-state index contributed by atoms with van der Waals surface area (Å²) in [4.78, 5) is 0. The molecule has 0 spiro atoms. The molecule has 0 unspecified atom stereocenters. The van der Waals surface area contributed by atoms with E-state index in [4.69, 9.17) is 11.5 Å². The molecule has 0 amide bonds. The van der Waals surface area contributed by atoms with Crippen LogP contribution in [0.5, 0.6) is 0 Å². The number of unbranched alkanes of at least 4 members (excludes halogenated alkanes) is 1. The van der Waals surface area contributed by atoms with E-state index in [2.05, 4.69) is 0 Å². The molecule has 0 aromatic carbocycles. The van der Waals surface area contributed by atoms with Crippen LogP contribution >= 0.6 is 0 Å². The van der Waals surface area contributed by atoms with Gasteiger partial charge in [0.05, 0.1) is 0 Å². The average Bonchev–Trinajstić information content (AvgIpc) is 3.05. The fourth-order valence-electron chi connectivity index (χ4n) is 3.34. The Morgan fingerprint density at radius 2 is 1.39 bits per heavy atom. The van der Waals surface area contributed by atoms with Gasteiger partial charge in [0, 0.05) is 5.70 Å². The molecule has 2 fully saturated rings. The van der Waals surface area contributed by atoms with Gasteiger partial charge in [0.25, 0.3) is 0 Å². The monoisotopic (exact) mass is 248 g/mol. The van der Waals surface area contributed by atoms with Gasteiger partial charge in [-0.1, -0.05) is 5.57 Å². The maximum absolute atomic E-state index is 6.48. The highest BCUT2D eigenvalue weighted by molar-refractivity contribution is 5.38. The summed E-state index contributed by atoms with van der Waals surface area (Å²) in [6.45, 7) is 0.805. The predicted octanol–water partition coefficient (Wildman–Crippen LogP) is 3.77. The second-order valence-corrected chi connectivity index (χ2v) is 5.76. The van der Waals surface area contributed by atoms with Crippen LogP contribution in [0.2, 0.25) is 0 Å². The minimum absolute atomic E-state index is 0.805. The molecule has 0 bridgehead atoms. The molecule has 0 atom stereocenters. The zero-order chi connectivity index (χ0) is 12.8. The van der Waals surface area contributed by atoms with E-state index in [-0.39, 0.29) is 0 Å². The fraction of sp³-hybridized carbons (Fsp3) is 0.750. The topological polar surface area (TPSA) is 52.0 Å². The average molecular weight is 248 g/mol. The van der Waals surface area contributed by atoms with Crippen LogP contribution < -0.4 is 11.5 Å². The Balaban J connectivity index is 2.13. The normalized spacial score (nSPS) is 19.6. The summed E-state index contributed by atoms with van der Waals surface area (Å²) in [5.41, 5.74) is 18.0. The largest absolute Gasteiger partial charge is 0.399 e. The van der Waals surface area contributed by atoms with Crippen molar-refractivity contribution in [2.24, 2.45) is 11.5 Å². The Bertz CT molecular complexity index is 323. The first-order chi connectivity index (χ1) is 8.83. The summed E-state index contributed by atoms with van der Waals surface area (Å²) < 4.78 is 0. The van der Waals surface area contributed by atoms with Gasteiger partial charge in [-0.05, 0) is 88.3 Å². The van der Waals surface area contributed by atoms with Gasteiger partial charge in [0.15, 0.2) is 0 Å². The van der Waals surface area contributed by atoms with Crippen LogP contribution in [0.4, 0.5) is 0 Å². The van der Waals surface area contributed by atoms with E-state index in [1.165, 1.54) is 74.6 Å². The predicted molar refractivity (Wildman–Crippen MR) is 78.1 cm³/mol. The highest BCUT2D eigenvalue weighted by Gasteiger charge is 2.18. The van der Waals surface area contributed by atoms with Crippen molar-refractivity contribution in [1.82, 2.24) is 0 Å². The van der Waals surface area contributed by atoms with E-state index in [9.17, 15) is 0 Å². The van der Waals surface area contributed by atoms with Crippen molar-refractivity contribution in [2.45, 2.75) is 70.6 Å². The van der Waals surface area contributed by atoms with Crippen LogP contribution in [0.15, 0.2) is 22.4 Å². The van der Waals surface area contributed by atoms with Gasteiger partial charge in [-0.3, -0.25) is 0 Å². The Labute approximate surface area is 112 Å². The summed E-state index contributed by atoms with van der Waals surface area (Å²) in [5, 5.41) is 0. The lowest BCUT2D eigenvalue weighted by Crippen LogP contribution is -2.08. The summed E-state index contributed by atoms with van der Waals surface area (Å²) >= 11 is 0. The molecular formula is C16H28N2. The fourth-order valence-corrected chi connectivity index (χ4v) is 3.34. The van der Waals surface area contributed by atoms with E-state index < -0.39 is 0 Å². The maximum atomic E-state index is 6.48. The second-order valence-electron chi connectivity index (χ2n) is 5.76. The first-order valence-corrected chi connectivity index (χ1v) is 7.71. The molecule has 2 nitrogen and oxygen atoms in total. The van der Waals surface area contributed by atoms with Gasteiger partial charge in [-0.2, -0.15) is 0 Å². The third-order valence-corrected chi connectivity index (χ3v) is 4.43. The number of rotatable bonds is 5. The Morgan fingerprint density at radius 1 is 0.833 bits per heavy atom. The minimum atomic E-state index is 0.805. The summed E-state index contributed by atoms with van der Waals surface area (Å²) in [5.74, 6) is 0. The number of hydrogen-bond acceptors (Lipinski definition) is 2. The van der Waals surface area contributed by atoms with Gasteiger partial charge >= 0.3 is 0 Å². The van der Waals surface area contributed by atoms with Crippen LogP contribution in [0.25, 0.3) is 0 Å².